The molecule has 1 heterocycles. The molecule has 0 radical (unpaired) electrons. The van der Waals surface area contributed by atoms with Crippen molar-refractivity contribution in [1.29, 1.82) is 0 Å². The molecule has 5 nitrogen and oxygen atoms in total. The molecule has 1 amide bonds. The second kappa shape index (κ2) is 4.41. The van der Waals surface area contributed by atoms with Crippen molar-refractivity contribution < 1.29 is 17.6 Å². The molecule has 0 aromatic heterocycles. The lowest BCUT2D eigenvalue weighted by Crippen LogP contribution is -2.35. The molecule has 18 heavy (non-hydrogen) atoms. The number of nitrogens with one attached hydrogen (secondary N) is 1. The molecule has 3 N–H and O–H groups in total. The number of nitrogen functional groups attached to an aromatic ring is 1. The van der Waals surface area contributed by atoms with Gasteiger partial charge >= 0.3 is 0 Å². The third-order valence-electron chi connectivity index (χ3n) is 2.54. The number of carbonyl (C=O) groups is 1. The average molecular weight is 270 g/mol. The smallest absolute Gasteiger partial charge is 0.253 e. The summed E-state index contributed by atoms with van der Waals surface area (Å²) in [6.07, 6.45) is 1.38. The van der Waals surface area contributed by atoms with E-state index in [9.17, 15) is 17.6 Å². The van der Waals surface area contributed by atoms with Gasteiger partial charge in [-0.2, -0.15) is 0 Å². The fraction of sp³-hybridized carbons (Fsp3) is 0.182. The van der Waals surface area contributed by atoms with E-state index in [1.165, 1.54) is 18.2 Å². The van der Waals surface area contributed by atoms with Crippen molar-refractivity contribution in [2.75, 3.05) is 11.5 Å². The fourth-order valence-corrected chi connectivity index (χ4v) is 2.88. The normalized spacial score (nSPS) is 20.8. The molecule has 1 aliphatic heterocycles. The summed E-state index contributed by atoms with van der Waals surface area (Å²) in [4.78, 5) is 11.8. The Bertz CT molecular complexity index is 625. The van der Waals surface area contributed by atoms with Crippen LogP contribution in [-0.2, 0) is 9.84 Å². The quantitative estimate of drug-likeness (QED) is 0.763. The number of nitrogens with two attached hydrogens (primary N) is 1. The molecule has 0 bridgehead atoms. The molecule has 1 unspecified atom stereocenters. The Balaban J connectivity index is 2.14. The summed E-state index contributed by atoms with van der Waals surface area (Å²) in [5, 5.41) is 3.52. The highest BCUT2D eigenvalue weighted by molar-refractivity contribution is 7.94. The van der Waals surface area contributed by atoms with Crippen LogP contribution in [-0.4, -0.2) is 26.1 Å². The van der Waals surface area contributed by atoms with Gasteiger partial charge < -0.3 is 11.1 Å². The van der Waals surface area contributed by atoms with Gasteiger partial charge in [0, 0.05) is 5.41 Å². The van der Waals surface area contributed by atoms with Crippen molar-refractivity contribution in [1.82, 2.24) is 5.32 Å². The summed E-state index contributed by atoms with van der Waals surface area (Å²) in [6.45, 7) is 0. The highest BCUT2D eigenvalue weighted by Gasteiger charge is 2.24. The predicted octanol–water partition coefficient (Wildman–Crippen LogP) is 0.448. The molecule has 0 saturated heterocycles. The van der Waals surface area contributed by atoms with Crippen molar-refractivity contribution in [2.24, 2.45) is 0 Å². The first-order chi connectivity index (χ1) is 8.39. The van der Waals surface area contributed by atoms with Crippen LogP contribution in [0.4, 0.5) is 10.1 Å². The zero-order chi connectivity index (χ0) is 13.3. The molecule has 1 aromatic rings. The Morgan fingerprint density at radius 3 is 2.78 bits per heavy atom. The molecule has 0 saturated carbocycles. The van der Waals surface area contributed by atoms with Gasteiger partial charge in [0.2, 0.25) is 0 Å². The van der Waals surface area contributed by atoms with Crippen LogP contribution in [0.3, 0.4) is 0 Å². The maximum Gasteiger partial charge on any atom is 0.253 e. The summed E-state index contributed by atoms with van der Waals surface area (Å²) in [5.41, 5.74) is 5.18. The number of para-hydroxylation sites is 1. The van der Waals surface area contributed by atoms with Crippen molar-refractivity contribution in [3.05, 3.63) is 41.1 Å². The number of benzene rings is 1. The Kier molecular flexibility index (Phi) is 3.08. The van der Waals surface area contributed by atoms with Gasteiger partial charge in [0.05, 0.1) is 23.0 Å². The maximum absolute atomic E-state index is 13.2. The molecule has 0 aliphatic carbocycles. The summed E-state index contributed by atoms with van der Waals surface area (Å²) in [7, 11) is -3.24. The molecular weight excluding hydrogens is 259 g/mol. The minimum Gasteiger partial charge on any atom is -0.396 e. The molecule has 7 heteroatoms. The molecule has 1 aliphatic rings. The van der Waals surface area contributed by atoms with Crippen LogP contribution < -0.4 is 11.1 Å². The molecule has 1 atom stereocenters. The van der Waals surface area contributed by atoms with E-state index in [-0.39, 0.29) is 17.0 Å². The van der Waals surface area contributed by atoms with E-state index in [0.717, 1.165) is 11.5 Å². The van der Waals surface area contributed by atoms with Crippen LogP contribution in [0.15, 0.2) is 29.7 Å². The van der Waals surface area contributed by atoms with Crippen molar-refractivity contribution in [3.8, 4) is 0 Å². The van der Waals surface area contributed by atoms with Gasteiger partial charge in [0.15, 0.2) is 9.84 Å². The monoisotopic (exact) mass is 270 g/mol. The van der Waals surface area contributed by atoms with Gasteiger partial charge in [-0.1, -0.05) is 6.07 Å². The molecule has 2 rings (SSSR count). The van der Waals surface area contributed by atoms with E-state index >= 15 is 0 Å². The number of amides is 1. The lowest BCUT2D eigenvalue weighted by molar-refractivity contribution is 0.0948. The van der Waals surface area contributed by atoms with Crippen molar-refractivity contribution >= 4 is 21.4 Å². The van der Waals surface area contributed by atoms with E-state index in [4.69, 9.17) is 5.73 Å². The molecule has 1 aromatic carbocycles. The molecule has 96 valence electrons. The number of anilines is 1. The van der Waals surface area contributed by atoms with Gasteiger partial charge in [-0.25, -0.2) is 12.8 Å². The van der Waals surface area contributed by atoms with E-state index in [1.54, 1.807) is 0 Å². The third-order valence-corrected chi connectivity index (χ3v) is 3.94. The summed E-state index contributed by atoms with van der Waals surface area (Å²) in [5.74, 6) is -1.47. The Morgan fingerprint density at radius 1 is 1.44 bits per heavy atom. The second-order valence-electron chi connectivity index (χ2n) is 3.94. The minimum absolute atomic E-state index is 0.00676. The maximum atomic E-state index is 13.2. The van der Waals surface area contributed by atoms with Crippen LogP contribution in [0.2, 0.25) is 0 Å². The number of hydrogen-bond acceptors (Lipinski definition) is 4. The van der Waals surface area contributed by atoms with Crippen LogP contribution in [0.25, 0.3) is 0 Å². The van der Waals surface area contributed by atoms with Gasteiger partial charge in [-0.3, -0.25) is 4.79 Å². The van der Waals surface area contributed by atoms with E-state index in [1.807, 2.05) is 0 Å². The van der Waals surface area contributed by atoms with Gasteiger partial charge in [0.25, 0.3) is 5.91 Å². The number of sulfone groups is 1. The summed E-state index contributed by atoms with van der Waals surface area (Å²) >= 11 is 0. The van der Waals surface area contributed by atoms with Crippen LogP contribution in [0, 0.1) is 5.82 Å². The topological polar surface area (TPSA) is 89.3 Å². The summed E-state index contributed by atoms with van der Waals surface area (Å²) in [6, 6.07) is 3.28. The van der Waals surface area contributed by atoms with Crippen LogP contribution in [0.5, 0.6) is 0 Å². The zero-order valence-corrected chi connectivity index (χ0v) is 10.1. The van der Waals surface area contributed by atoms with Gasteiger partial charge in [-0.15, -0.1) is 0 Å². The third kappa shape index (κ3) is 2.51. The first-order valence-electron chi connectivity index (χ1n) is 5.15. The number of hydrogen-bond donors (Lipinski definition) is 2. The number of carbonyl (C=O) groups excluding carboxylic acids is 1. The Hall–Kier alpha value is -1.89. The van der Waals surface area contributed by atoms with Crippen molar-refractivity contribution in [2.45, 2.75) is 6.04 Å². The molecular formula is C11H11FN2O3S. The Morgan fingerprint density at radius 2 is 2.17 bits per heavy atom. The standard InChI is InChI=1S/C11H11FN2O3S/c12-9-3-1-2-8(10(9)13)11(15)14-7-4-5-18(16,17)6-7/h1-5,7H,6,13H2,(H,14,15). The SMILES string of the molecule is Nc1c(F)cccc1C(=O)NC1C=CS(=O)(=O)C1. The number of rotatable bonds is 2. The zero-order valence-electron chi connectivity index (χ0n) is 9.26. The first kappa shape index (κ1) is 12.6. The second-order valence-corrected chi connectivity index (χ2v) is 5.87. The van der Waals surface area contributed by atoms with Crippen LogP contribution in [0.1, 0.15) is 10.4 Å². The molecule has 0 spiro atoms. The predicted molar refractivity (Wildman–Crippen MR) is 65.0 cm³/mol. The largest absolute Gasteiger partial charge is 0.396 e. The summed E-state index contributed by atoms with van der Waals surface area (Å²) < 4.78 is 35.5. The van der Waals surface area contributed by atoms with Crippen molar-refractivity contribution in [3.63, 3.8) is 0 Å². The highest BCUT2D eigenvalue weighted by atomic mass is 32.2. The lowest BCUT2D eigenvalue weighted by Gasteiger charge is -2.11. The van der Waals surface area contributed by atoms with Gasteiger partial charge in [0.1, 0.15) is 5.82 Å². The number of halogens is 1. The highest BCUT2D eigenvalue weighted by Crippen LogP contribution is 2.16. The average Bonchev–Trinajstić information content (AvgIpc) is 2.62. The lowest BCUT2D eigenvalue weighted by atomic mass is 10.1. The van der Waals surface area contributed by atoms with E-state index < -0.39 is 27.6 Å². The van der Waals surface area contributed by atoms with Gasteiger partial charge in [-0.05, 0) is 18.2 Å². The minimum atomic E-state index is -3.24. The van der Waals surface area contributed by atoms with E-state index in [0.29, 0.717) is 0 Å². The first-order valence-corrected chi connectivity index (χ1v) is 6.86. The van der Waals surface area contributed by atoms with Crippen LogP contribution >= 0.6 is 0 Å². The fourth-order valence-electron chi connectivity index (χ4n) is 1.65. The van der Waals surface area contributed by atoms with E-state index in [2.05, 4.69) is 5.32 Å². The Labute approximate surface area is 103 Å². The molecule has 0 fully saturated rings.